The van der Waals surface area contributed by atoms with Crippen LogP contribution in [-0.4, -0.2) is 10.4 Å². The van der Waals surface area contributed by atoms with Gasteiger partial charge in [-0.3, -0.25) is 5.32 Å². The summed E-state index contributed by atoms with van der Waals surface area (Å²) in [5.74, 6) is 0.896. The Hall–Kier alpha value is -6.57. The standard InChI is InChI=1S/C51H34N4S2/c1-3-12-31(13-4-1)49-52-50(32-14-5-2-6-15-32)54-51(53-49)35-24-26-39-38-25-22-33(28-45(38)57-46(39)30-35)34-23-27-40-47(29-34)56-44-21-11-20-43(48(40)44)55-41-18-9-7-16-36(41)37-17-8-10-19-42(37)55/h1-30,49,51,53H,(H,52,54). The number of aliphatic imine (C=N–C) groups is 1. The third-order valence-corrected chi connectivity index (χ3v) is 13.7. The van der Waals surface area contributed by atoms with Gasteiger partial charge in [-0.25, -0.2) is 4.99 Å². The predicted molar refractivity (Wildman–Crippen MR) is 243 cm³/mol. The van der Waals surface area contributed by atoms with E-state index in [1.807, 2.05) is 28.7 Å². The van der Waals surface area contributed by atoms with Crippen LogP contribution in [0.3, 0.4) is 0 Å². The monoisotopic (exact) mass is 766 g/mol. The van der Waals surface area contributed by atoms with Gasteiger partial charge in [-0.15, -0.1) is 22.7 Å². The minimum atomic E-state index is -0.194. The first-order valence-corrected chi connectivity index (χ1v) is 21.0. The Morgan fingerprint density at radius 1 is 0.439 bits per heavy atom. The molecule has 2 atom stereocenters. The summed E-state index contributed by atoms with van der Waals surface area (Å²) in [6.45, 7) is 0. The van der Waals surface area contributed by atoms with Crippen LogP contribution in [0.1, 0.15) is 29.0 Å². The summed E-state index contributed by atoms with van der Waals surface area (Å²) in [5, 5.41) is 15.2. The second-order valence-electron chi connectivity index (χ2n) is 14.8. The van der Waals surface area contributed by atoms with E-state index in [1.165, 1.54) is 84.5 Å². The molecule has 6 heteroatoms. The van der Waals surface area contributed by atoms with E-state index in [1.54, 1.807) is 0 Å². The van der Waals surface area contributed by atoms with Gasteiger partial charge in [0.15, 0.2) is 0 Å². The van der Waals surface area contributed by atoms with Crippen molar-refractivity contribution in [2.45, 2.75) is 12.3 Å². The van der Waals surface area contributed by atoms with Gasteiger partial charge < -0.3 is 9.88 Å². The number of rotatable bonds is 5. The molecule has 3 aromatic heterocycles. The quantitative estimate of drug-likeness (QED) is 0.183. The van der Waals surface area contributed by atoms with Gasteiger partial charge in [-0.05, 0) is 64.7 Å². The molecule has 0 bridgehead atoms. The molecule has 8 aromatic carbocycles. The van der Waals surface area contributed by atoms with E-state index in [4.69, 9.17) is 4.99 Å². The molecule has 1 aliphatic rings. The lowest BCUT2D eigenvalue weighted by molar-refractivity contribution is 0.409. The topological polar surface area (TPSA) is 41.4 Å². The van der Waals surface area contributed by atoms with Gasteiger partial charge in [-0.1, -0.05) is 140 Å². The van der Waals surface area contributed by atoms with E-state index in [0.29, 0.717) is 0 Å². The first kappa shape index (κ1) is 32.7. The van der Waals surface area contributed by atoms with Crippen LogP contribution in [0.15, 0.2) is 187 Å². The lowest BCUT2D eigenvalue weighted by Gasteiger charge is -2.32. The molecule has 270 valence electrons. The number of fused-ring (bicyclic) bond motifs is 9. The first-order chi connectivity index (χ1) is 28.2. The highest BCUT2D eigenvalue weighted by Gasteiger charge is 2.26. The van der Waals surface area contributed by atoms with Crippen molar-refractivity contribution < 1.29 is 0 Å². The number of para-hydroxylation sites is 2. The highest BCUT2D eigenvalue weighted by molar-refractivity contribution is 7.26. The maximum atomic E-state index is 5.20. The number of hydrogen-bond acceptors (Lipinski definition) is 5. The van der Waals surface area contributed by atoms with Crippen LogP contribution in [0.25, 0.3) is 79.0 Å². The summed E-state index contributed by atoms with van der Waals surface area (Å²) in [5.41, 5.74) is 9.59. The Morgan fingerprint density at radius 2 is 1.04 bits per heavy atom. The fourth-order valence-corrected chi connectivity index (χ4v) is 11.1. The second kappa shape index (κ2) is 13.0. The molecule has 0 saturated carbocycles. The third kappa shape index (κ3) is 5.33. The highest BCUT2D eigenvalue weighted by atomic mass is 32.1. The van der Waals surface area contributed by atoms with Crippen LogP contribution in [0.4, 0.5) is 0 Å². The van der Waals surface area contributed by atoms with E-state index in [-0.39, 0.29) is 12.3 Å². The van der Waals surface area contributed by atoms with Gasteiger partial charge in [0.05, 0.1) is 16.7 Å². The molecule has 0 aliphatic carbocycles. The van der Waals surface area contributed by atoms with Crippen LogP contribution in [0.5, 0.6) is 0 Å². The molecule has 12 rings (SSSR count). The summed E-state index contributed by atoms with van der Waals surface area (Å²) in [6, 6.07) is 66.1. The lowest BCUT2D eigenvalue weighted by Crippen LogP contribution is -2.44. The van der Waals surface area contributed by atoms with E-state index in [0.717, 1.165) is 17.0 Å². The molecule has 0 spiro atoms. The number of nitrogens with zero attached hydrogens (tertiary/aromatic N) is 2. The summed E-state index contributed by atoms with van der Waals surface area (Å²) in [7, 11) is 0. The number of amidine groups is 1. The van der Waals surface area contributed by atoms with Crippen molar-refractivity contribution >= 4 is 90.7 Å². The number of hydrogen-bond donors (Lipinski definition) is 2. The molecule has 1 aliphatic heterocycles. The summed E-state index contributed by atoms with van der Waals surface area (Å²) >= 11 is 3.74. The molecule has 57 heavy (non-hydrogen) atoms. The zero-order valence-corrected chi connectivity index (χ0v) is 32.3. The predicted octanol–water partition coefficient (Wildman–Crippen LogP) is 13.5. The van der Waals surface area contributed by atoms with Gasteiger partial charge in [0.2, 0.25) is 0 Å². The van der Waals surface area contributed by atoms with Crippen LogP contribution in [0, 0.1) is 0 Å². The Bertz CT molecular complexity index is 3320. The molecule has 4 heterocycles. The molecule has 2 N–H and O–H groups in total. The van der Waals surface area contributed by atoms with E-state index in [2.05, 4.69) is 191 Å². The van der Waals surface area contributed by atoms with Crippen molar-refractivity contribution in [1.82, 2.24) is 15.2 Å². The lowest BCUT2D eigenvalue weighted by atomic mass is 10.0. The van der Waals surface area contributed by atoms with E-state index >= 15 is 0 Å². The Balaban J connectivity index is 0.921. The van der Waals surface area contributed by atoms with Crippen LogP contribution < -0.4 is 10.6 Å². The average molecular weight is 767 g/mol. The first-order valence-electron chi connectivity index (χ1n) is 19.3. The summed E-state index contributed by atoms with van der Waals surface area (Å²) in [6.07, 6.45) is -0.261. The molecule has 0 amide bonds. The summed E-state index contributed by atoms with van der Waals surface area (Å²) in [4.78, 5) is 5.20. The van der Waals surface area contributed by atoms with Gasteiger partial charge in [-0.2, -0.15) is 0 Å². The number of aromatic nitrogens is 1. The van der Waals surface area contributed by atoms with Gasteiger partial charge >= 0.3 is 0 Å². The normalized spacial score (nSPS) is 15.9. The SMILES string of the molecule is c1ccc(C2=NC(c3ccc4c(c3)sc3cc(-c5ccc6c(c5)sc5cccc(-n7c8ccccc8c8ccccc87)c56)ccc34)NC(c3ccccc3)N2)cc1. The second-order valence-corrected chi connectivity index (χ2v) is 17.0. The van der Waals surface area contributed by atoms with Crippen LogP contribution >= 0.6 is 22.7 Å². The third-order valence-electron chi connectivity index (χ3n) is 11.5. The van der Waals surface area contributed by atoms with Crippen molar-refractivity contribution in [2.75, 3.05) is 0 Å². The smallest absolute Gasteiger partial charge is 0.131 e. The average Bonchev–Trinajstić information content (AvgIpc) is 3.95. The van der Waals surface area contributed by atoms with Crippen molar-refractivity contribution in [3.63, 3.8) is 0 Å². The maximum absolute atomic E-state index is 5.20. The maximum Gasteiger partial charge on any atom is 0.131 e. The Labute approximate surface area is 337 Å². The fourth-order valence-electron chi connectivity index (χ4n) is 8.79. The number of benzene rings is 8. The molecular weight excluding hydrogens is 733 g/mol. The van der Waals surface area contributed by atoms with Gasteiger partial charge in [0, 0.05) is 56.7 Å². The van der Waals surface area contributed by atoms with E-state index in [9.17, 15) is 0 Å². The highest BCUT2D eigenvalue weighted by Crippen LogP contribution is 2.43. The number of thiophene rings is 2. The van der Waals surface area contributed by atoms with Gasteiger partial charge in [0.25, 0.3) is 0 Å². The molecular formula is C51H34N4S2. The fraction of sp³-hybridized carbons (Fsp3) is 0.0392. The van der Waals surface area contributed by atoms with Crippen molar-refractivity contribution in [2.24, 2.45) is 4.99 Å². The largest absolute Gasteiger partial charge is 0.350 e. The zero-order chi connectivity index (χ0) is 37.5. The van der Waals surface area contributed by atoms with Gasteiger partial charge in [0.1, 0.15) is 18.2 Å². The van der Waals surface area contributed by atoms with Crippen LogP contribution in [0.2, 0.25) is 0 Å². The molecule has 11 aromatic rings. The van der Waals surface area contributed by atoms with Crippen molar-refractivity contribution in [1.29, 1.82) is 0 Å². The van der Waals surface area contributed by atoms with E-state index < -0.39 is 0 Å². The minimum Gasteiger partial charge on any atom is -0.350 e. The molecule has 0 fully saturated rings. The molecule has 0 saturated heterocycles. The summed E-state index contributed by atoms with van der Waals surface area (Å²) < 4.78 is 7.61. The number of nitrogens with one attached hydrogen (secondary N) is 2. The molecule has 2 unspecified atom stereocenters. The molecule has 0 radical (unpaired) electrons. The van der Waals surface area contributed by atoms with Crippen molar-refractivity contribution in [3.8, 4) is 16.8 Å². The molecule has 4 nitrogen and oxygen atoms in total. The van der Waals surface area contributed by atoms with Crippen LogP contribution in [-0.2, 0) is 0 Å². The minimum absolute atomic E-state index is 0.0666. The Morgan fingerprint density at radius 3 is 1.77 bits per heavy atom. The Kier molecular flexibility index (Phi) is 7.45. The zero-order valence-electron chi connectivity index (χ0n) is 30.7. The van der Waals surface area contributed by atoms with Crippen molar-refractivity contribution in [3.05, 3.63) is 199 Å².